The van der Waals surface area contributed by atoms with Gasteiger partial charge in [-0.2, -0.15) is 0 Å². The fourth-order valence-corrected chi connectivity index (χ4v) is 1.19. The molecule has 5 heteroatoms. The molecule has 0 spiro atoms. The van der Waals surface area contributed by atoms with Gasteiger partial charge >= 0.3 is 5.97 Å². The van der Waals surface area contributed by atoms with Crippen LogP contribution < -0.4 is 5.73 Å². The number of carbonyl (C=O) groups excluding carboxylic acids is 1. The SMILES string of the molecule is COC(=O)[C@H](N)c1ccc(C)c(F)c1O. The van der Waals surface area contributed by atoms with Crippen LogP contribution in [0.25, 0.3) is 0 Å². The number of phenols is 1. The molecule has 0 aliphatic rings. The van der Waals surface area contributed by atoms with Crippen LogP contribution in [-0.2, 0) is 9.53 Å². The Hall–Kier alpha value is -1.62. The van der Waals surface area contributed by atoms with Crippen molar-refractivity contribution in [2.45, 2.75) is 13.0 Å². The maximum Gasteiger partial charge on any atom is 0.327 e. The van der Waals surface area contributed by atoms with Crippen molar-refractivity contribution < 1.29 is 19.0 Å². The maximum atomic E-state index is 13.3. The van der Waals surface area contributed by atoms with Crippen molar-refractivity contribution in [1.29, 1.82) is 0 Å². The van der Waals surface area contributed by atoms with Crippen molar-refractivity contribution in [3.05, 3.63) is 29.1 Å². The molecule has 82 valence electrons. The Balaban J connectivity index is 3.16. The molecule has 0 aliphatic carbocycles. The number of methoxy groups -OCH3 is 1. The molecular formula is C10H12FNO3. The highest BCUT2D eigenvalue weighted by molar-refractivity contribution is 5.78. The minimum Gasteiger partial charge on any atom is -0.505 e. The molecule has 0 aliphatic heterocycles. The predicted octanol–water partition coefficient (Wildman–Crippen LogP) is 1.01. The molecule has 4 nitrogen and oxygen atoms in total. The largest absolute Gasteiger partial charge is 0.505 e. The molecule has 0 fully saturated rings. The van der Waals surface area contributed by atoms with Crippen molar-refractivity contribution in [1.82, 2.24) is 0 Å². The molecule has 15 heavy (non-hydrogen) atoms. The highest BCUT2D eigenvalue weighted by Gasteiger charge is 2.22. The van der Waals surface area contributed by atoms with Crippen molar-refractivity contribution in [3.8, 4) is 5.75 Å². The number of phenolic OH excluding ortho intramolecular Hbond substituents is 1. The van der Waals surface area contributed by atoms with E-state index in [9.17, 15) is 14.3 Å². The van der Waals surface area contributed by atoms with Crippen LogP contribution in [0.15, 0.2) is 12.1 Å². The first-order valence-electron chi connectivity index (χ1n) is 4.30. The highest BCUT2D eigenvalue weighted by atomic mass is 19.1. The molecule has 0 saturated heterocycles. The molecule has 0 radical (unpaired) electrons. The molecular weight excluding hydrogens is 201 g/mol. The van der Waals surface area contributed by atoms with E-state index in [0.29, 0.717) is 0 Å². The molecule has 1 aromatic rings. The zero-order valence-electron chi connectivity index (χ0n) is 8.45. The van der Waals surface area contributed by atoms with Crippen LogP contribution >= 0.6 is 0 Å². The van der Waals surface area contributed by atoms with Crippen LogP contribution in [0.2, 0.25) is 0 Å². The Labute approximate surface area is 86.5 Å². The summed E-state index contributed by atoms with van der Waals surface area (Å²) in [6.45, 7) is 1.50. The smallest absolute Gasteiger partial charge is 0.327 e. The van der Waals surface area contributed by atoms with Crippen LogP contribution in [0.4, 0.5) is 4.39 Å². The number of halogens is 1. The van der Waals surface area contributed by atoms with Crippen LogP contribution in [0.5, 0.6) is 5.75 Å². The minimum atomic E-state index is -1.18. The molecule has 0 heterocycles. The van der Waals surface area contributed by atoms with Crippen LogP contribution in [0.3, 0.4) is 0 Å². The van der Waals surface area contributed by atoms with E-state index in [1.54, 1.807) is 0 Å². The molecule has 1 rings (SSSR count). The Morgan fingerprint density at radius 1 is 1.60 bits per heavy atom. The summed E-state index contributed by atoms with van der Waals surface area (Å²) in [6.07, 6.45) is 0. The van der Waals surface area contributed by atoms with Gasteiger partial charge in [-0.1, -0.05) is 12.1 Å². The first-order valence-corrected chi connectivity index (χ1v) is 4.30. The minimum absolute atomic E-state index is 0.0185. The summed E-state index contributed by atoms with van der Waals surface area (Å²) in [6, 6.07) is 1.66. The van der Waals surface area contributed by atoms with E-state index in [-0.39, 0.29) is 11.1 Å². The van der Waals surface area contributed by atoms with Crippen LogP contribution in [-0.4, -0.2) is 18.2 Å². The molecule has 0 unspecified atom stereocenters. The average Bonchev–Trinajstić information content (AvgIpc) is 2.24. The van der Waals surface area contributed by atoms with Gasteiger partial charge in [-0.3, -0.25) is 4.79 Å². The van der Waals surface area contributed by atoms with Crippen molar-refractivity contribution in [2.24, 2.45) is 5.73 Å². The van der Waals surface area contributed by atoms with Crippen molar-refractivity contribution in [3.63, 3.8) is 0 Å². The average molecular weight is 213 g/mol. The Morgan fingerprint density at radius 2 is 2.20 bits per heavy atom. The summed E-state index contributed by atoms with van der Waals surface area (Å²) >= 11 is 0. The van der Waals surface area contributed by atoms with Gasteiger partial charge in [0.15, 0.2) is 11.6 Å². The number of carbonyl (C=O) groups is 1. The zero-order valence-corrected chi connectivity index (χ0v) is 8.45. The number of benzene rings is 1. The molecule has 1 atom stereocenters. The van der Waals surface area contributed by atoms with E-state index in [4.69, 9.17) is 5.73 Å². The van der Waals surface area contributed by atoms with E-state index in [0.717, 1.165) is 0 Å². The third-order valence-corrected chi connectivity index (χ3v) is 2.13. The van der Waals surface area contributed by atoms with Gasteiger partial charge < -0.3 is 15.6 Å². The van der Waals surface area contributed by atoms with Gasteiger partial charge in [-0.05, 0) is 12.5 Å². The summed E-state index contributed by atoms with van der Waals surface area (Å²) in [5, 5.41) is 9.43. The number of rotatable bonds is 2. The van der Waals surface area contributed by atoms with Gasteiger partial charge in [0.25, 0.3) is 0 Å². The lowest BCUT2D eigenvalue weighted by molar-refractivity contribution is -0.142. The molecule has 0 bridgehead atoms. The highest BCUT2D eigenvalue weighted by Crippen LogP contribution is 2.28. The van der Waals surface area contributed by atoms with E-state index in [1.807, 2.05) is 0 Å². The Kier molecular flexibility index (Phi) is 3.26. The van der Waals surface area contributed by atoms with Gasteiger partial charge in [-0.25, -0.2) is 4.39 Å². The summed E-state index contributed by atoms with van der Waals surface area (Å²) in [4.78, 5) is 11.1. The number of aromatic hydroxyl groups is 1. The number of ether oxygens (including phenoxy) is 1. The topological polar surface area (TPSA) is 72.5 Å². The molecule has 0 saturated carbocycles. The van der Waals surface area contributed by atoms with Gasteiger partial charge in [-0.15, -0.1) is 0 Å². The summed E-state index contributed by atoms with van der Waals surface area (Å²) in [5.74, 6) is -2.10. The van der Waals surface area contributed by atoms with Crippen molar-refractivity contribution in [2.75, 3.05) is 7.11 Å². The van der Waals surface area contributed by atoms with Gasteiger partial charge in [0, 0.05) is 5.56 Å². The molecule has 0 aromatic heterocycles. The van der Waals surface area contributed by atoms with Gasteiger partial charge in [0.2, 0.25) is 0 Å². The molecule has 3 N–H and O–H groups in total. The summed E-state index contributed by atoms with van der Waals surface area (Å²) in [7, 11) is 1.17. The molecule has 1 aromatic carbocycles. The van der Waals surface area contributed by atoms with E-state index >= 15 is 0 Å². The maximum absolute atomic E-state index is 13.3. The molecule has 0 amide bonds. The quantitative estimate of drug-likeness (QED) is 0.719. The first-order chi connectivity index (χ1) is 6.99. The normalized spacial score (nSPS) is 12.3. The van der Waals surface area contributed by atoms with E-state index in [1.165, 1.54) is 26.2 Å². The Bertz CT molecular complexity index is 392. The number of aryl methyl sites for hydroxylation is 1. The third kappa shape index (κ3) is 2.07. The fourth-order valence-electron chi connectivity index (χ4n) is 1.19. The van der Waals surface area contributed by atoms with Crippen LogP contribution in [0.1, 0.15) is 17.2 Å². The standard InChI is InChI=1S/C10H12FNO3/c1-5-3-4-6(9(13)7(5)11)8(12)10(14)15-2/h3-4,8,13H,12H2,1-2H3/t8-/m1/s1. The second kappa shape index (κ2) is 4.27. The lowest BCUT2D eigenvalue weighted by Gasteiger charge is -2.12. The number of nitrogens with two attached hydrogens (primary N) is 1. The summed E-state index contributed by atoms with van der Waals surface area (Å²) < 4.78 is 17.7. The Morgan fingerprint density at radius 3 is 2.73 bits per heavy atom. The monoisotopic (exact) mass is 213 g/mol. The summed E-state index contributed by atoms with van der Waals surface area (Å²) in [5.41, 5.74) is 5.77. The predicted molar refractivity (Wildman–Crippen MR) is 51.7 cm³/mol. The lowest BCUT2D eigenvalue weighted by Crippen LogP contribution is -2.22. The van der Waals surface area contributed by atoms with Gasteiger partial charge in [0.1, 0.15) is 6.04 Å². The van der Waals surface area contributed by atoms with E-state index in [2.05, 4.69) is 4.74 Å². The third-order valence-electron chi connectivity index (χ3n) is 2.13. The lowest BCUT2D eigenvalue weighted by atomic mass is 10.0. The zero-order chi connectivity index (χ0) is 11.6. The van der Waals surface area contributed by atoms with Crippen LogP contribution in [0, 0.1) is 12.7 Å². The second-order valence-corrected chi connectivity index (χ2v) is 3.14. The number of hydrogen-bond donors (Lipinski definition) is 2. The van der Waals surface area contributed by atoms with Crippen molar-refractivity contribution >= 4 is 5.97 Å². The first kappa shape index (κ1) is 11.5. The number of esters is 1. The van der Waals surface area contributed by atoms with Gasteiger partial charge in [0.05, 0.1) is 7.11 Å². The second-order valence-electron chi connectivity index (χ2n) is 3.14. The number of hydrogen-bond acceptors (Lipinski definition) is 4. The van der Waals surface area contributed by atoms with E-state index < -0.39 is 23.6 Å². The fraction of sp³-hybridized carbons (Fsp3) is 0.300.